The van der Waals surface area contributed by atoms with E-state index in [4.69, 9.17) is 10.5 Å². The lowest BCUT2D eigenvalue weighted by atomic mass is 10.0. The average molecular weight is 194 g/mol. The van der Waals surface area contributed by atoms with Crippen LogP contribution in [0.3, 0.4) is 0 Å². The van der Waals surface area contributed by atoms with Crippen molar-refractivity contribution >= 4 is 5.97 Å². The third-order valence-corrected chi connectivity index (χ3v) is 1.91. The first-order valence-corrected chi connectivity index (χ1v) is 4.23. The number of methoxy groups -OCH3 is 1. The first-order valence-electron chi connectivity index (χ1n) is 4.23. The molecule has 1 unspecified atom stereocenters. The fourth-order valence-electron chi connectivity index (χ4n) is 1.17. The Labute approximate surface area is 82.3 Å². The minimum atomic E-state index is -1.15. The highest BCUT2D eigenvalue weighted by Crippen LogP contribution is 2.19. The maximum atomic E-state index is 10.3. The van der Waals surface area contributed by atoms with Crippen molar-refractivity contribution in [2.45, 2.75) is 12.5 Å². The van der Waals surface area contributed by atoms with Gasteiger partial charge in [-0.1, -0.05) is 12.1 Å². The molecule has 4 heteroatoms. The van der Waals surface area contributed by atoms with Crippen molar-refractivity contribution in [1.29, 1.82) is 0 Å². The molecule has 0 spiro atoms. The Morgan fingerprint density at radius 3 is 2.93 bits per heavy atom. The van der Waals surface area contributed by atoms with Crippen LogP contribution in [0.15, 0.2) is 24.3 Å². The van der Waals surface area contributed by atoms with Crippen LogP contribution in [0, 0.1) is 0 Å². The van der Waals surface area contributed by atoms with Crippen LogP contribution in [-0.4, -0.2) is 13.1 Å². The van der Waals surface area contributed by atoms with Gasteiger partial charge in [-0.2, -0.15) is 0 Å². The van der Waals surface area contributed by atoms with Gasteiger partial charge in [0.15, 0.2) is 0 Å². The topological polar surface area (TPSA) is 75.4 Å². The number of ether oxygens (including phenoxy) is 1. The molecule has 0 aliphatic rings. The molecule has 0 saturated carbocycles. The Morgan fingerprint density at radius 1 is 1.64 bits per heavy atom. The fourth-order valence-corrected chi connectivity index (χ4v) is 1.17. The Kier molecular flexibility index (Phi) is 3.48. The van der Waals surface area contributed by atoms with E-state index in [2.05, 4.69) is 0 Å². The van der Waals surface area contributed by atoms with Crippen LogP contribution < -0.4 is 15.6 Å². The number of carbonyl (C=O) groups is 1. The highest BCUT2D eigenvalue weighted by Gasteiger charge is 2.06. The van der Waals surface area contributed by atoms with E-state index in [1.54, 1.807) is 31.4 Å². The summed E-state index contributed by atoms with van der Waals surface area (Å²) in [4.78, 5) is 10.3. The predicted octanol–water partition coefficient (Wildman–Crippen LogP) is -0.165. The summed E-state index contributed by atoms with van der Waals surface area (Å²) >= 11 is 0. The molecule has 0 radical (unpaired) electrons. The molecule has 0 fully saturated rings. The van der Waals surface area contributed by atoms with E-state index in [1.165, 1.54) is 0 Å². The second kappa shape index (κ2) is 4.62. The molecule has 2 N–H and O–H groups in total. The van der Waals surface area contributed by atoms with Gasteiger partial charge in [-0.15, -0.1) is 0 Å². The van der Waals surface area contributed by atoms with E-state index in [-0.39, 0.29) is 6.42 Å². The summed E-state index contributed by atoms with van der Waals surface area (Å²) in [6.07, 6.45) is -0.187. The van der Waals surface area contributed by atoms with Crippen LogP contribution in [0.2, 0.25) is 0 Å². The van der Waals surface area contributed by atoms with Crippen LogP contribution in [0.4, 0.5) is 0 Å². The van der Waals surface area contributed by atoms with Gasteiger partial charge in [-0.05, 0) is 17.7 Å². The lowest BCUT2D eigenvalue weighted by Gasteiger charge is -2.13. The van der Waals surface area contributed by atoms with Crippen molar-refractivity contribution in [3.05, 3.63) is 29.8 Å². The van der Waals surface area contributed by atoms with Gasteiger partial charge in [0, 0.05) is 18.4 Å². The number of aliphatic carboxylic acids is 1. The van der Waals surface area contributed by atoms with Gasteiger partial charge in [0.05, 0.1) is 7.11 Å². The number of nitrogens with two attached hydrogens (primary N) is 1. The van der Waals surface area contributed by atoms with Crippen LogP contribution in [0.5, 0.6) is 5.75 Å². The van der Waals surface area contributed by atoms with Gasteiger partial charge in [0.2, 0.25) is 0 Å². The summed E-state index contributed by atoms with van der Waals surface area (Å²) in [5.41, 5.74) is 6.37. The zero-order chi connectivity index (χ0) is 10.6. The number of carbonyl (C=O) groups excluding carboxylic acids is 1. The lowest BCUT2D eigenvalue weighted by Crippen LogP contribution is -2.27. The molecule has 0 bridgehead atoms. The first-order chi connectivity index (χ1) is 6.63. The van der Waals surface area contributed by atoms with E-state index >= 15 is 0 Å². The van der Waals surface area contributed by atoms with Crippen molar-refractivity contribution in [2.24, 2.45) is 5.73 Å². The molecular formula is C10H12NO3-. The van der Waals surface area contributed by atoms with Crippen molar-refractivity contribution in [3.8, 4) is 5.75 Å². The molecule has 1 aromatic carbocycles. The summed E-state index contributed by atoms with van der Waals surface area (Å²) in [6.45, 7) is 0. The third-order valence-electron chi connectivity index (χ3n) is 1.91. The minimum absolute atomic E-state index is 0.187. The van der Waals surface area contributed by atoms with Gasteiger partial charge < -0.3 is 20.4 Å². The minimum Gasteiger partial charge on any atom is -0.550 e. The lowest BCUT2D eigenvalue weighted by molar-refractivity contribution is -0.306. The van der Waals surface area contributed by atoms with Crippen molar-refractivity contribution in [1.82, 2.24) is 0 Å². The SMILES string of the molecule is COc1cccc(C(N)CC(=O)[O-])c1. The normalized spacial score (nSPS) is 12.1. The second-order valence-electron chi connectivity index (χ2n) is 2.96. The molecule has 0 saturated heterocycles. The molecule has 0 aromatic heterocycles. The smallest absolute Gasteiger partial charge is 0.119 e. The number of benzene rings is 1. The number of carboxylic acids is 1. The Morgan fingerprint density at radius 2 is 2.36 bits per heavy atom. The van der Waals surface area contributed by atoms with E-state index in [1.807, 2.05) is 0 Å². The van der Waals surface area contributed by atoms with Crippen molar-refractivity contribution < 1.29 is 14.6 Å². The van der Waals surface area contributed by atoms with Gasteiger partial charge in [-0.25, -0.2) is 0 Å². The van der Waals surface area contributed by atoms with Crippen molar-refractivity contribution in [3.63, 3.8) is 0 Å². The average Bonchev–Trinajstić information content (AvgIpc) is 2.17. The summed E-state index contributed by atoms with van der Waals surface area (Å²) in [7, 11) is 1.55. The van der Waals surface area contributed by atoms with E-state index in [9.17, 15) is 9.90 Å². The summed E-state index contributed by atoms with van der Waals surface area (Å²) in [6, 6.07) is 6.47. The number of hydrogen-bond acceptors (Lipinski definition) is 4. The molecule has 0 aliphatic carbocycles. The summed E-state index contributed by atoms with van der Waals surface area (Å²) in [5, 5.41) is 10.3. The Balaban J connectivity index is 2.78. The molecule has 14 heavy (non-hydrogen) atoms. The molecule has 76 valence electrons. The zero-order valence-corrected chi connectivity index (χ0v) is 7.90. The van der Waals surface area contributed by atoms with Gasteiger partial charge in [0.25, 0.3) is 0 Å². The van der Waals surface area contributed by atoms with Crippen LogP contribution >= 0.6 is 0 Å². The standard InChI is InChI=1S/C10H13NO3/c1-14-8-4-2-3-7(5-8)9(11)6-10(12)13/h2-5,9H,6,11H2,1H3,(H,12,13)/p-1. The molecule has 4 nitrogen and oxygen atoms in total. The van der Waals surface area contributed by atoms with Gasteiger partial charge >= 0.3 is 0 Å². The van der Waals surface area contributed by atoms with Crippen LogP contribution in [-0.2, 0) is 4.79 Å². The van der Waals surface area contributed by atoms with E-state index in [0.717, 1.165) is 5.56 Å². The highest BCUT2D eigenvalue weighted by molar-refractivity contribution is 5.65. The Bertz CT molecular complexity index is 325. The van der Waals surface area contributed by atoms with Gasteiger partial charge in [-0.3, -0.25) is 0 Å². The molecule has 1 rings (SSSR count). The molecule has 1 atom stereocenters. The van der Waals surface area contributed by atoms with E-state index in [0.29, 0.717) is 5.75 Å². The summed E-state index contributed by atoms with van der Waals surface area (Å²) < 4.78 is 4.99. The predicted molar refractivity (Wildman–Crippen MR) is 49.5 cm³/mol. The quantitative estimate of drug-likeness (QED) is 0.722. The fraction of sp³-hybridized carbons (Fsp3) is 0.300. The molecule has 1 aromatic rings. The largest absolute Gasteiger partial charge is 0.550 e. The number of rotatable bonds is 4. The van der Waals surface area contributed by atoms with Crippen LogP contribution in [0.25, 0.3) is 0 Å². The maximum Gasteiger partial charge on any atom is 0.119 e. The monoisotopic (exact) mass is 194 g/mol. The maximum absolute atomic E-state index is 10.3. The highest BCUT2D eigenvalue weighted by atomic mass is 16.5. The molecule has 0 aliphatic heterocycles. The van der Waals surface area contributed by atoms with E-state index < -0.39 is 12.0 Å². The first kappa shape index (κ1) is 10.5. The number of carboxylic acid groups (broad SMARTS) is 1. The zero-order valence-electron chi connectivity index (χ0n) is 7.90. The molecule has 0 amide bonds. The summed E-state index contributed by atoms with van der Waals surface area (Å²) in [5.74, 6) is -0.489. The second-order valence-corrected chi connectivity index (χ2v) is 2.96. The molecular weight excluding hydrogens is 182 g/mol. The van der Waals surface area contributed by atoms with Crippen molar-refractivity contribution in [2.75, 3.05) is 7.11 Å². The van der Waals surface area contributed by atoms with Gasteiger partial charge in [0.1, 0.15) is 5.75 Å². The molecule has 0 heterocycles. The third kappa shape index (κ3) is 2.74. The number of hydrogen-bond donors (Lipinski definition) is 1. The Hall–Kier alpha value is -1.55. The van der Waals surface area contributed by atoms with Crippen LogP contribution in [0.1, 0.15) is 18.0 Å².